The van der Waals surface area contributed by atoms with Crippen LogP contribution in [0, 0.1) is 0 Å². The zero-order chi connectivity index (χ0) is 23.2. The monoisotopic (exact) mass is 569 g/mol. The van der Waals surface area contributed by atoms with Crippen LogP contribution in [0.15, 0.2) is 28.9 Å². The Morgan fingerprint density at radius 2 is 1.91 bits per heavy atom. The number of benzene rings is 1. The van der Waals surface area contributed by atoms with E-state index < -0.39 is 29.3 Å². The van der Waals surface area contributed by atoms with Gasteiger partial charge in [-0.15, -0.1) is 0 Å². The highest BCUT2D eigenvalue weighted by molar-refractivity contribution is 9.10. The number of carbonyl (C=O) groups excluding carboxylic acids is 1. The molecule has 0 radical (unpaired) electrons. The van der Waals surface area contributed by atoms with Gasteiger partial charge in [0.15, 0.2) is 11.5 Å². The predicted molar refractivity (Wildman–Crippen MR) is 118 cm³/mol. The molecule has 1 aliphatic carbocycles. The zero-order valence-electron chi connectivity index (χ0n) is 16.1. The molecule has 0 saturated heterocycles. The molecule has 1 N–H and O–H groups in total. The van der Waals surface area contributed by atoms with Crippen molar-refractivity contribution in [1.29, 1.82) is 0 Å². The number of amides is 1. The molecule has 1 fully saturated rings. The van der Waals surface area contributed by atoms with Crippen molar-refractivity contribution < 1.29 is 18.0 Å². The van der Waals surface area contributed by atoms with E-state index in [1.165, 1.54) is 0 Å². The minimum Gasteiger partial charge on any atom is -0.307 e. The highest BCUT2D eigenvalue weighted by Gasteiger charge is 2.42. The van der Waals surface area contributed by atoms with E-state index in [0.717, 1.165) is 10.2 Å². The third kappa shape index (κ3) is 5.08. The lowest BCUT2D eigenvalue weighted by molar-refractivity contribution is -0.141. The Balaban J connectivity index is 1.49. The first-order chi connectivity index (χ1) is 15.0. The molecule has 0 bridgehead atoms. The average molecular weight is 572 g/mol. The number of halogens is 7. The molecule has 2 heterocycles. The summed E-state index contributed by atoms with van der Waals surface area (Å²) in [5.74, 6) is -0.492. The Hall–Kier alpha value is -1.75. The normalized spacial score (nSPS) is 14.1. The zero-order valence-corrected chi connectivity index (χ0v) is 19.9. The van der Waals surface area contributed by atoms with Crippen molar-refractivity contribution >= 4 is 62.5 Å². The van der Waals surface area contributed by atoms with Crippen LogP contribution in [0.5, 0.6) is 0 Å². The highest BCUT2D eigenvalue weighted by atomic mass is 79.9. The first kappa shape index (κ1) is 23.4. The van der Waals surface area contributed by atoms with Gasteiger partial charge in [0.05, 0.1) is 31.8 Å². The molecule has 2 aromatic heterocycles. The standard InChI is InChI=1S/C19H14BrCl3F3N5O/c20-11-7-30(6-9-1-4-12(21)13(22)5-9)29-18(11)27-14(32)8-31-16(10-2-3-10)15(23)17(28-31)19(24,25)26/h1,4-5,7,10H,2-3,6,8H2,(H,27,29,32). The van der Waals surface area contributed by atoms with Gasteiger partial charge in [-0.2, -0.15) is 23.4 Å². The fourth-order valence-electron chi connectivity index (χ4n) is 3.20. The summed E-state index contributed by atoms with van der Waals surface area (Å²) in [6.07, 6.45) is -1.64. The van der Waals surface area contributed by atoms with Gasteiger partial charge < -0.3 is 5.32 Å². The summed E-state index contributed by atoms with van der Waals surface area (Å²) in [4.78, 5) is 12.6. The fourth-order valence-corrected chi connectivity index (χ4v) is 4.33. The molecule has 4 rings (SSSR count). The summed E-state index contributed by atoms with van der Waals surface area (Å²) in [5.41, 5.74) is -0.105. The summed E-state index contributed by atoms with van der Waals surface area (Å²) in [6, 6.07) is 5.17. The maximum atomic E-state index is 13.2. The number of anilines is 1. The van der Waals surface area contributed by atoms with E-state index in [1.54, 1.807) is 29.1 Å². The van der Waals surface area contributed by atoms with Crippen LogP contribution >= 0.6 is 50.7 Å². The van der Waals surface area contributed by atoms with Crippen molar-refractivity contribution in [3.8, 4) is 0 Å². The third-order valence-corrected chi connectivity index (χ3v) is 6.45. The lowest BCUT2D eigenvalue weighted by Gasteiger charge is -2.07. The summed E-state index contributed by atoms with van der Waals surface area (Å²) in [7, 11) is 0. The van der Waals surface area contributed by atoms with E-state index in [9.17, 15) is 18.0 Å². The maximum absolute atomic E-state index is 13.2. The van der Waals surface area contributed by atoms with Crippen molar-refractivity contribution in [2.24, 2.45) is 0 Å². The Labute approximate surface area is 203 Å². The second-order valence-corrected chi connectivity index (χ2v) is 9.34. The van der Waals surface area contributed by atoms with E-state index in [2.05, 4.69) is 31.4 Å². The van der Waals surface area contributed by atoms with Crippen LogP contribution in [0.25, 0.3) is 0 Å². The quantitative estimate of drug-likeness (QED) is 0.373. The molecule has 170 valence electrons. The van der Waals surface area contributed by atoms with Crippen LogP contribution in [-0.2, 0) is 24.1 Å². The number of hydrogen-bond donors (Lipinski definition) is 1. The molecule has 6 nitrogen and oxygen atoms in total. The van der Waals surface area contributed by atoms with Crippen LogP contribution < -0.4 is 5.32 Å². The van der Waals surface area contributed by atoms with Gasteiger partial charge in [-0.1, -0.05) is 40.9 Å². The molecule has 1 saturated carbocycles. The summed E-state index contributed by atoms with van der Waals surface area (Å²) in [6.45, 7) is -0.0609. The molecule has 1 aromatic carbocycles. The van der Waals surface area contributed by atoms with Crippen LogP contribution in [0.3, 0.4) is 0 Å². The van der Waals surface area contributed by atoms with Gasteiger partial charge in [-0.05, 0) is 46.5 Å². The average Bonchev–Trinajstić information content (AvgIpc) is 3.38. The number of alkyl halides is 3. The molecular weight excluding hydrogens is 558 g/mol. The molecule has 0 unspecified atom stereocenters. The maximum Gasteiger partial charge on any atom is 0.436 e. The van der Waals surface area contributed by atoms with Crippen molar-refractivity contribution in [2.45, 2.75) is 38.0 Å². The molecule has 3 aromatic rings. The van der Waals surface area contributed by atoms with Crippen LogP contribution in [0.1, 0.15) is 35.7 Å². The number of nitrogens with one attached hydrogen (secondary N) is 1. The number of rotatable bonds is 6. The van der Waals surface area contributed by atoms with Gasteiger partial charge in [0.2, 0.25) is 5.91 Å². The third-order valence-electron chi connectivity index (χ3n) is 4.76. The number of hydrogen-bond acceptors (Lipinski definition) is 3. The second-order valence-electron chi connectivity index (χ2n) is 7.30. The Kier molecular flexibility index (Phi) is 6.50. The summed E-state index contributed by atoms with van der Waals surface area (Å²) < 4.78 is 42.7. The second kappa shape index (κ2) is 8.89. The highest BCUT2D eigenvalue weighted by Crippen LogP contribution is 2.46. The number of nitrogens with zero attached hydrogens (tertiary/aromatic N) is 4. The summed E-state index contributed by atoms with van der Waals surface area (Å²) >= 11 is 21.2. The van der Waals surface area contributed by atoms with Crippen LogP contribution in [0.2, 0.25) is 15.1 Å². The number of carbonyl (C=O) groups is 1. The van der Waals surface area contributed by atoms with Gasteiger partial charge in [0, 0.05) is 12.1 Å². The SMILES string of the molecule is O=C(Cn1nc(C(F)(F)F)c(Cl)c1C1CC1)Nc1nn(Cc2ccc(Cl)c(Cl)c2)cc1Br. The minimum atomic E-state index is -4.70. The lowest BCUT2D eigenvalue weighted by atomic mass is 10.2. The number of aromatic nitrogens is 4. The predicted octanol–water partition coefficient (Wildman–Crippen LogP) is 6.39. The molecule has 0 spiro atoms. The van der Waals surface area contributed by atoms with Crippen molar-refractivity contribution in [3.63, 3.8) is 0 Å². The fraction of sp³-hybridized carbons (Fsp3) is 0.316. The topological polar surface area (TPSA) is 64.7 Å². The van der Waals surface area contributed by atoms with Crippen LogP contribution in [0.4, 0.5) is 19.0 Å². The Bertz CT molecular complexity index is 1190. The van der Waals surface area contributed by atoms with Gasteiger partial charge in [0.25, 0.3) is 0 Å². The first-order valence-electron chi connectivity index (χ1n) is 9.33. The molecule has 0 aliphatic heterocycles. The molecule has 1 amide bonds. The van der Waals surface area contributed by atoms with Gasteiger partial charge in [-0.25, -0.2) is 0 Å². The van der Waals surface area contributed by atoms with Gasteiger partial charge in [-0.3, -0.25) is 14.2 Å². The minimum absolute atomic E-state index is 0.129. The van der Waals surface area contributed by atoms with Gasteiger partial charge in [0.1, 0.15) is 6.54 Å². The summed E-state index contributed by atoms with van der Waals surface area (Å²) in [5, 5.41) is 10.8. The first-order valence-corrected chi connectivity index (χ1v) is 11.3. The smallest absolute Gasteiger partial charge is 0.307 e. The van der Waals surface area contributed by atoms with Crippen molar-refractivity contribution in [1.82, 2.24) is 19.6 Å². The lowest BCUT2D eigenvalue weighted by Crippen LogP contribution is -2.22. The molecule has 32 heavy (non-hydrogen) atoms. The van der Waals surface area contributed by atoms with Crippen molar-refractivity contribution in [3.05, 3.63) is 60.9 Å². The molecular formula is C19H14BrCl3F3N5O. The van der Waals surface area contributed by atoms with E-state index in [0.29, 0.717) is 33.9 Å². The Morgan fingerprint density at radius 3 is 2.53 bits per heavy atom. The Morgan fingerprint density at radius 1 is 1.19 bits per heavy atom. The van der Waals surface area contributed by atoms with E-state index >= 15 is 0 Å². The van der Waals surface area contributed by atoms with Crippen molar-refractivity contribution in [2.75, 3.05) is 5.32 Å². The molecule has 0 atom stereocenters. The molecule has 1 aliphatic rings. The van der Waals surface area contributed by atoms with E-state index in [4.69, 9.17) is 34.8 Å². The van der Waals surface area contributed by atoms with Gasteiger partial charge >= 0.3 is 6.18 Å². The van der Waals surface area contributed by atoms with E-state index in [1.807, 2.05) is 0 Å². The molecule has 13 heteroatoms. The largest absolute Gasteiger partial charge is 0.436 e. The van der Waals surface area contributed by atoms with E-state index in [-0.39, 0.29) is 17.4 Å². The van der Waals surface area contributed by atoms with Crippen LogP contribution in [-0.4, -0.2) is 25.5 Å².